The van der Waals surface area contributed by atoms with Crippen molar-refractivity contribution in [2.24, 2.45) is 34.5 Å². The standard InChI is InChI=1S/C21H34O5/c1-19-7-5-13(23)9-12(19)3-4-14-15-6-8-21(26,17(25)11-22)20(15,2)10-16(24)18(14)19/h12-16,18,22-24,26H,3-11H2,1-2H3/t12-,13+,14-,15-,16-,18+,19-,20-,21-/m0/s1/i5D2,9D2,11D2. The third-order valence-electron chi connectivity index (χ3n) is 8.46. The highest BCUT2D eigenvalue weighted by Crippen LogP contribution is 2.68. The van der Waals surface area contributed by atoms with E-state index in [-0.39, 0.29) is 31.1 Å². The lowest BCUT2D eigenvalue weighted by molar-refractivity contribution is -0.202. The molecule has 4 saturated carbocycles. The molecule has 0 aromatic carbocycles. The highest BCUT2D eigenvalue weighted by Gasteiger charge is 2.68. The lowest BCUT2D eigenvalue weighted by Gasteiger charge is -2.62. The molecule has 0 amide bonds. The SMILES string of the molecule is [2H]C([2H])(O)C(=O)[C@@]1(O)CC[C@H]2[C@@H]3CC[C@H]4C([2H])([2H])[C@H](O)C([2H])([2H])C[C@]4(C)[C@H]3[C@@H](O)C[C@@]21C. The molecule has 26 heavy (non-hydrogen) atoms. The van der Waals surface area contributed by atoms with Crippen molar-refractivity contribution in [2.45, 2.75) is 82.9 Å². The molecule has 0 spiro atoms. The molecule has 148 valence electrons. The van der Waals surface area contributed by atoms with Gasteiger partial charge in [-0.05, 0) is 80.4 Å². The third kappa shape index (κ3) is 2.27. The Morgan fingerprint density at radius 3 is 2.65 bits per heavy atom. The molecule has 4 fully saturated rings. The number of aliphatic hydroxyl groups excluding tert-OH is 2. The Bertz CT molecular complexity index is 817. The van der Waals surface area contributed by atoms with Crippen LogP contribution in [0.25, 0.3) is 0 Å². The Kier molecular flexibility index (Phi) is 2.97. The van der Waals surface area contributed by atoms with Crippen molar-refractivity contribution in [3.05, 3.63) is 0 Å². The molecule has 0 aromatic rings. The van der Waals surface area contributed by atoms with E-state index >= 15 is 0 Å². The number of hydrogen-bond donors (Lipinski definition) is 4. The Labute approximate surface area is 164 Å². The van der Waals surface area contributed by atoms with Crippen molar-refractivity contribution in [3.8, 4) is 0 Å². The van der Waals surface area contributed by atoms with Gasteiger partial charge in [0.25, 0.3) is 0 Å². The van der Waals surface area contributed by atoms with E-state index in [0.29, 0.717) is 19.3 Å². The molecule has 9 atom stereocenters. The van der Waals surface area contributed by atoms with Gasteiger partial charge < -0.3 is 20.4 Å². The number of ketones is 1. The number of Topliss-reactive ketones (excluding diaryl/α,β-unsaturated/α-hetero) is 1. The van der Waals surface area contributed by atoms with Crippen LogP contribution in [-0.2, 0) is 4.79 Å². The van der Waals surface area contributed by atoms with E-state index in [9.17, 15) is 25.2 Å². The maximum Gasteiger partial charge on any atom is 0.190 e. The zero-order valence-corrected chi connectivity index (χ0v) is 15.4. The van der Waals surface area contributed by atoms with Crippen molar-refractivity contribution in [1.82, 2.24) is 0 Å². The lowest BCUT2D eigenvalue weighted by Crippen LogP contribution is -2.63. The monoisotopic (exact) mass is 372 g/mol. The fraction of sp³-hybridized carbons (Fsp3) is 0.952. The summed E-state index contributed by atoms with van der Waals surface area (Å²) < 4.78 is 48.6. The molecule has 4 rings (SSSR count). The zero-order chi connectivity index (χ0) is 24.3. The number of carbonyl (C=O) groups is 1. The van der Waals surface area contributed by atoms with E-state index < -0.39 is 65.6 Å². The van der Waals surface area contributed by atoms with Gasteiger partial charge in [0.1, 0.15) is 12.2 Å². The predicted molar refractivity (Wildman–Crippen MR) is 96.2 cm³/mol. The first kappa shape index (κ1) is 12.9. The van der Waals surface area contributed by atoms with Gasteiger partial charge in [-0.2, -0.15) is 0 Å². The molecule has 5 heteroatoms. The van der Waals surface area contributed by atoms with Crippen LogP contribution in [0.5, 0.6) is 0 Å². The molecule has 0 saturated heterocycles. The number of rotatable bonds is 2. The summed E-state index contributed by atoms with van der Waals surface area (Å²) in [4.78, 5) is 12.7. The molecule has 5 nitrogen and oxygen atoms in total. The average molecular weight is 373 g/mol. The Balaban J connectivity index is 1.75. The number of hydrogen-bond acceptors (Lipinski definition) is 5. The minimum Gasteiger partial charge on any atom is -0.393 e. The second kappa shape index (κ2) is 6.00. The quantitative estimate of drug-likeness (QED) is 0.591. The van der Waals surface area contributed by atoms with Gasteiger partial charge >= 0.3 is 0 Å². The van der Waals surface area contributed by atoms with E-state index in [2.05, 4.69) is 0 Å². The Morgan fingerprint density at radius 1 is 1.23 bits per heavy atom. The second-order valence-electron chi connectivity index (χ2n) is 9.41. The van der Waals surface area contributed by atoms with E-state index in [1.54, 1.807) is 13.8 Å². The van der Waals surface area contributed by atoms with Crippen molar-refractivity contribution >= 4 is 5.78 Å². The molecule has 0 unspecified atom stereocenters. The number of carbonyl (C=O) groups excluding carboxylic acids is 1. The molecule has 0 heterocycles. The molecular formula is C21H34O5. The number of fused-ring (bicyclic) bond motifs is 5. The van der Waals surface area contributed by atoms with Gasteiger partial charge in [0, 0.05) is 10.9 Å². The number of aliphatic hydroxyl groups is 4. The summed E-state index contributed by atoms with van der Waals surface area (Å²) in [6, 6.07) is 0. The minimum absolute atomic E-state index is 0.0337. The van der Waals surface area contributed by atoms with Gasteiger partial charge in [-0.1, -0.05) is 13.8 Å². The maximum absolute atomic E-state index is 12.7. The molecule has 4 aliphatic rings. The van der Waals surface area contributed by atoms with Crippen molar-refractivity contribution in [3.63, 3.8) is 0 Å². The van der Waals surface area contributed by atoms with Gasteiger partial charge in [-0.25, -0.2) is 0 Å². The summed E-state index contributed by atoms with van der Waals surface area (Å²) >= 11 is 0. The van der Waals surface area contributed by atoms with Crippen LogP contribution in [0.2, 0.25) is 0 Å². The van der Waals surface area contributed by atoms with Crippen LogP contribution < -0.4 is 0 Å². The van der Waals surface area contributed by atoms with Crippen LogP contribution in [0.1, 0.15) is 73.3 Å². The van der Waals surface area contributed by atoms with Crippen LogP contribution >= 0.6 is 0 Å². The highest BCUT2D eigenvalue weighted by molar-refractivity contribution is 5.89. The topological polar surface area (TPSA) is 98.0 Å². The van der Waals surface area contributed by atoms with Crippen LogP contribution in [0.15, 0.2) is 0 Å². The molecule has 4 aliphatic carbocycles. The van der Waals surface area contributed by atoms with Crippen LogP contribution in [0.3, 0.4) is 0 Å². The van der Waals surface area contributed by atoms with Gasteiger partial charge in [-0.15, -0.1) is 0 Å². The highest BCUT2D eigenvalue weighted by atomic mass is 16.3. The summed E-state index contributed by atoms with van der Waals surface area (Å²) in [6.45, 7) is 0.246. The Morgan fingerprint density at radius 2 is 1.96 bits per heavy atom. The fourth-order valence-corrected chi connectivity index (χ4v) is 7.16. The molecule has 0 aliphatic heterocycles. The van der Waals surface area contributed by atoms with Gasteiger partial charge in [0.15, 0.2) is 5.78 Å². The average Bonchev–Trinajstić information content (AvgIpc) is 2.89. The van der Waals surface area contributed by atoms with Crippen LogP contribution in [0.4, 0.5) is 0 Å². The maximum atomic E-state index is 12.7. The van der Waals surface area contributed by atoms with Crippen molar-refractivity contribution in [2.75, 3.05) is 6.56 Å². The third-order valence-corrected chi connectivity index (χ3v) is 8.46. The van der Waals surface area contributed by atoms with Crippen LogP contribution in [0, 0.1) is 34.5 Å². The molecule has 0 aromatic heterocycles. The van der Waals surface area contributed by atoms with Crippen LogP contribution in [-0.4, -0.2) is 50.6 Å². The van der Waals surface area contributed by atoms with E-state index in [1.165, 1.54) is 0 Å². The summed E-state index contributed by atoms with van der Waals surface area (Å²) in [5, 5.41) is 42.8. The normalized spacial score (nSPS) is 64.2. The summed E-state index contributed by atoms with van der Waals surface area (Å²) in [6.07, 6.45) is -6.08. The van der Waals surface area contributed by atoms with Gasteiger partial charge in [-0.3, -0.25) is 4.79 Å². The predicted octanol–water partition coefficient (Wildman–Crippen LogP) is 1.65. The van der Waals surface area contributed by atoms with Gasteiger partial charge in [0.05, 0.1) is 14.9 Å². The zero-order valence-electron chi connectivity index (χ0n) is 21.4. The molecular weight excluding hydrogens is 332 g/mol. The second-order valence-corrected chi connectivity index (χ2v) is 9.41. The fourth-order valence-electron chi connectivity index (χ4n) is 7.16. The molecule has 0 radical (unpaired) electrons. The summed E-state index contributed by atoms with van der Waals surface area (Å²) in [5.41, 5.74) is -4.24. The molecule has 4 N–H and O–H groups in total. The first-order valence-electron chi connectivity index (χ1n) is 12.7. The van der Waals surface area contributed by atoms with Crippen molar-refractivity contribution in [1.29, 1.82) is 0 Å². The lowest BCUT2D eigenvalue weighted by atomic mass is 9.43. The largest absolute Gasteiger partial charge is 0.393 e. The van der Waals surface area contributed by atoms with E-state index in [4.69, 9.17) is 8.22 Å². The summed E-state index contributed by atoms with van der Waals surface area (Å²) in [5.74, 6) is -2.93. The van der Waals surface area contributed by atoms with E-state index in [1.807, 2.05) is 0 Å². The van der Waals surface area contributed by atoms with E-state index in [0.717, 1.165) is 0 Å². The Hall–Kier alpha value is -0.490. The first-order chi connectivity index (χ1) is 14.3. The molecule has 0 bridgehead atoms. The smallest absolute Gasteiger partial charge is 0.190 e. The summed E-state index contributed by atoms with van der Waals surface area (Å²) in [7, 11) is 0. The minimum atomic E-state index is -3.20. The van der Waals surface area contributed by atoms with Crippen molar-refractivity contribution < 1.29 is 33.4 Å². The first-order valence-corrected chi connectivity index (χ1v) is 9.70. The van der Waals surface area contributed by atoms with Gasteiger partial charge in [0.2, 0.25) is 0 Å².